The number of anilines is 1. The van der Waals surface area contributed by atoms with Crippen molar-refractivity contribution in [1.82, 2.24) is 19.8 Å². The molecule has 9 nitrogen and oxygen atoms in total. The zero-order chi connectivity index (χ0) is 23.4. The lowest BCUT2D eigenvalue weighted by Crippen LogP contribution is -2.56. The zero-order valence-electron chi connectivity index (χ0n) is 19.1. The largest absolute Gasteiger partial charge is 0.465 e. The van der Waals surface area contributed by atoms with Gasteiger partial charge in [0.15, 0.2) is 0 Å². The number of nitrogens with one attached hydrogen (secondary N) is 1. The molecule has 2 heterocycles. The van der Waals surface area contributed by atoms with Gasteiger partial charge in [-0.3, -0.25) is 4.79 Å². The normalized spacial score (nSPS) is 16.1. The molecule has 3 rings (SSSR count). The van der Waals surface area contributed by atoms with Crippen molar-refractivity contribution >= 4 is 23.6 Å². The van der Waals surface area contributed by atoms with Gasteiger partial charge in [-0.25, -0.2) is 19.6 Å². The van der Waals surface area contributed by atoms with Crippen molar-refractivity contribution in [3.8, 4) is 0 Å². The van der Waals surface area contributed by atoms with Crippen LogP contribution >= 0.6 is 0 Å². The number of rotatable bonds is 4. The molecular formula is C23H29N5O4. The summed E-state index contributed by atoms with van der Waals surface area (Å²) in [6, 6.07) is 8.79. The smallest absolute Gasteiger partial charge is 0.342 e. The summed E-state index contributed by atoms with van der Waals surface area (Å²) in [5.74, 6) is -0.674. The van der Waals surface area contributed by atoms with E-state index in [1.807, 2.05) is 51.1 Å². The molecule has 1 aliphatic heterocycles. The highest BCUT2D eigenvalue weighted by atomic mass is 16.5. The molecule has 170 valence electrons. The highest BCUT2D eigenvalue weighted by Gasteiger charge is 2.34. The molecule has 9 heteroatoms. The quantitative estimate of drug-likeness (QED) is 0.734. The topological polar surface area (TPSA) is 105 Å². The van der Waals surface area contributed by atoms with Crippen molar-refractivity contribution in [2.24, 2.45) is 0 Å². The lowest BCUT2D eigenvalue weighted by Gasteiger charge is -2.39. The minimum absolute atomic E-state index is 0.0439. The number of methoxy groups -OCH3 is 1. The third-order valence-electron chi connectivity index (χ3n) is 5.39. The van der Waals surface area contributed by atoms with Crippen LogP contribution in [0.25, 0.3) is 0 Å². The van der Waals surface area contributed by atoms with Gasteiger partial charge in [0.2, 0.25) is 0 Å². The summed E-state index contributed by atoms with van der Waals surface area (Å²) in [5.41, 5.74) is 1.35. The number of piperazine rings is 1. The minimum Gasteiger partial charge on any atom is -0.465 e. The van der Waals surface area contributed by atoms with E-state index in [-0.39, 0.29) is 35.2 Å². The minimum atomic E-state index is -0.633. The second-order valence-electron chi connectivity index (χ2n) is 8.12. The second kappa shape index (κ2) is 9.76. The maximum absolute atomic E-state index is 13.4. The number of benzene rings is 1. The fraction of sp³-hybridized carbons (Fsp3) is 0.435. The summed E-state index contributed by atoms with van der Waals surface area (Å²) in [5, 5.41) is 2.88. The Morgan fingerprint density at radius 1 is 1.12 bits per heavy atom. The van der Waals surface area contributed by atoms with Gasteiger partial charge in [-0.2, -0.15) is 0 Å². The molecule has 0 radical (unpaired) electrons. The third-order valence-corrected chi connectivity index (χ3v) is 5.39. The highest BCUT2D eigenvalue weighted by Crippen LogP contribution is 2.23. The van der Waals surface area contributed by atoms with E-state index in [0.29, 0.717) is 36.8 Å². The van der Waals surface area contributed by atoms with E-state index in [1.54, 1.807) is 16.7 Å². The molecule has 1 fully saturated rings. The van der Waals surface area contributed by atoms with Gasteiger partial charge in [0.1, 0.15) is 17.1 Å². The Morgan fingerprint density at radius 3 is 2.41 bits per heavy atom. The first kappa shape index (κ1) is 23.2. The predicted octanol–water partition coefficient (Wildman–Crippen LogP) is 3.07. The van der Waals surface area contributed by atoms with Crippen molar-refractivity contribution in [2.45, 2.75) is 39.7 Å². The Balaban J connectivity index is 1.80. The van der Waals surface area contributed by atoms with Crippen LogP contribution in [-0.2, 0) is 4.74 Å². The fourth-order valence-electron chi connectivity index (χ4n) is 3.78. The maximum atomic E-state index is 13.4. The Hall–Kier alpha value is -3.49. The van der Waals surface area contributed by atoms with Crippen molar-refractivity contribution in [1.29, 1.82) is 0 Å². The number of aryl methyl sites for hydroxylation is 1. The van der Waals surface area contributed by atoms with E-state index in [1.165, 1.54) is 7.11 Å². The number of para-hydroxylation sites is 1. The first-order valence-corrected chi connectivity index (χ1v) is 10.6. The molecule has 0 aliphatic carbocycles. The Kier molecular flexibility index (Phi) is 7.07. The number of aromatic nitrogens is 2. The fourth-order valence-corrected chi connectivity index (χ4v) is 3.78. The van der Waals surface area contributed by atoms with E-state index < -0.39 is 5.97 Å². The van der Waals surface area contributed by atoms with Crippen molar-refractivity contribution < 1.29 is 19.1 Å². The van der Waals surface area contributed by atoms with Crippen LogP contribution in [0.1, 0.15) is 59.1 Å². The van der Waals surface area contributed by atoms with Crippen molar-refractivity contribution in [3.05, 3.63) is 53.1 Å². The molecule has 32 heavy (non-hydrogen) atoms. The first-order chi connectivity index (χ1) is 15.2. The lowest BCUT2D eigenvalue weighted by molar-refractivity contribution is 0.0550. The van der Waals surface area contributed by atoms with Gasteiger partial charge in [0.25, 0.3) is 5.91 Å². The number of amides is 3. The average Bonchev–Trinajstić information content (AvgIpc) is 2.77. The van der Waals surface area contributed by atoms with Crippen LogP contribution in [0.3, 0.4) is 0 Å². The van der Waals surface area contributed by atoms with Crippen LogP contribution in [0.5, 0.6) is 0 Å². The summed E-state index contributed by atoms with van der Waals surface area (Å²) < 4.78 is 4.92. The third kappa shape index (κ3) is 4.87. The average molecular weight is 440 g/mol. The Labute approximate surface area is 187 Å². The monoisotopic (exact) mass is 439 g/mol. The van der Waals surface area contributed by atoms with Crippen LogP contribution in [0.2, 0.25) is 0 Å². The number of ether oxygens (including phenoxy) is 1. The highest BCUT2D eigenvalue weighted by molar-refractivity contribution is 6.04. The van der Waals surface area contributed by atoms with Gasteiger partial charge >= 0.3 is 12.0 Å². The van der Waals surface area contributed by atoms with Gasteiger partial charge < -0.3 is 19.9 Å². The molecule has 1 unspecified atom stereocenters. The SMILES string of the molecule is COC(=O)c1c(C(=O)N2CCN(C(=O)Nc3ccccc3)C(C)C2)nc(C)nc1C(C)C. The summed E-state index contributed by atoms with van der Waals surface area (Å²) in [6.45, 7) is 8.38. The summed E-state index contributed by atoms with van der Waals surface area (Å²) in [6.07, 6.45) is 0. The molecule has 0 saturated carbocycles. The van der Waals surface area contributed by atoms with Crippen molar-refractivity contribution in [2.75, 3.05) is 32.1 Å². The molecule has 1 aromatic carbocycles. The first-order valence-electron chi connectivity index (χ1n) is 10.6. The Morgan fingerprint density at radius 2 is 1.81 bits per heavy atom. The van der Waals surface area contributed by atoms with Crippen LogP contribution in [0.15, 0.2) is 30.3 Å². The summed E-state index contributed by atoms with van der Waals surface area (Å²) in [4.78, 5) is 50.6. The molecule has 2 aromatic rings. The van der Waals surface area contributed by atoms with Crippen molar-refractivity contribution in [3.63, 3.8) is 0 Å². The summed E-state index contributed by atoms with van der Waals surface area (Å²) in [7, 11) is 1.27. The molecule has 1 atom stereocenters. The Bertz CT molecular complexity index is 1010. The van der Waals surface area contributed by atoms with Crippen LogP contribution in [0.4, 0.5) is 10.5 Å². The maximum Gasteiger partial charge on any atom is 0.342 e. The molecule has 1 aliphatic rings. The van der Waals surface area contributed by atoms with E-state index >= 15 is 0 Å². The second-order valence-corrected chi connectivity index (χ2v) is 8.12. The molecular weight excluding hydrogens is 410 g/mol. The standard InChI is InChI=1S/C23H29N5O4/c1-14(2)19-18(22(30)32-5)20(25-16(4)24-19)21(29)27-11-12-28(15(3)13-27)23(31)26-17-9-7-6-8-10-17/h6-10,14-15H,11-13H2,1-5H3,(H,26,31). The number of carbonyl (C=O) groups is 3. The molecule has 0 bridgehead atoms. The molecule has 1 N–H and O–H groups in total. The molecule has 1 saturated heterocycles. The number of nitrogens with zero attached hydrogens (tertiary/aromatic N) is 4. The van der Waals surface area contributed by atoms with E-state index in [2.05, 4.69) is 15.3 Å². The number of esters is 1. The van der Waals surface area contributed by atoms with Gasteiger partial charge in [-0.15, -0.1) is 0 Å². The predicted molar refractivity (Wildman–Crippen MR) is 120 cm³/mol. The number of hydrogen-bond donors (Lipinski definition) is 1. The summed E-state index contributed by atoms with van der Waals surface area (Å²) >= 11 is 0. The number of hydrogen-bond acceptors (Lipinski definition) is 6. The van der Waals surface area contributed by atoms with Gasteiger partial charge in [0.05, 0.1) is 12.8 Å². The van der Waals surface area contributed by atoms with Crippen LogP contribution in [-0.4, -0.2) is 70.5 Å². The van der Waals surface area contributed by atoms with Gasteiger partial charge in [-0.05, 0) is 31.9 Å². The molecule has 1 aromatic heterocycles. The lowest BCUT2D eigenvalue weighted by atomic mass is 10.0. The number of urea groups is 1. The van der Waals surface area contributed by atoms with Crippen LogP contribution in [0, 0.1) is 6.92 Å². The zero-order valence-corrected chi connectivity index (χ0v) is 19.1. The molecule has 0 spiro atoms. The molecule has 3 amide bonds. The van der Waals surface area contributed by atoms with Gasteiger partial charge in [-0.1, -0.05) is 32.0 Å². The van der Waals surface area contributed by atoms with Crippen LogP contribution < -0.4 is 5.32 Å². The van der Waals surface area contributed by atoms with E-state index in [0.717, 1.165) is 0 Å². The van der Waals surface area contributed by atoms with Gasteiger partial charge in [0, 0.05) is 31.4 Å². The number of carbonyl (C=O) groups excluding carboxylic acids is 3. The van der Waals surface area contributed by atoms with E-state index in [9.17, 15) is 14.4 Å². The van der Waals surface area contributed by atoms with E-state index in [4.69, 9.17) is 4.74 Å².